The lowest BCUT2D eigenvalue weighted by Gasteiger charge is -2.19. The zero-order valence-electron chi connectivity index (χ0n) is 11.8. The maximum absolute atomic E-state index is 13.3. The molecule has 2 nitrogen and oxygen atoms in total. The SMILES string of the molecule is Cc1cc(F)ccc1C(NN)c1ccc2ccccc2c1. The van der Waals surface area contributed by atoms with Gasteiger partial charge in [0.15, 0.2) is 0 Å². The van der Waals surface area contributed by atoms with Gasteiger partial charge in [0.1, 0.15) is 5.82 Å². The van der Waals surface area contributed by atoms with Crippen LogP contribution in [0.1, 0.15) is 22.7 Å². The first-order valence-electron chi connectivity index (χ1n) is 6.90. The average Bonchev–Trinajstić information content (AvgIpc) is 2.50. The summed E-state index contributed by atoms with van der Waals surface area (Å²) in [5.41, 5.74) is 5.76. The Bertz CT molecular complexity index is 783. The van der Waals surface area contributed by atoms with Crippen molar-refractivity contribution in [1.29, 1.82) is 0 Å². The summed E-state index contributed by atoms with van der Waals surface area (Å²) in [6, 6.07) is 19.0. The molecule has 0 aliphatic rings. The van der Waals surface area contributed by atoms with Crippen LogP contribution in [0, 0.1) is 12.7 Å². The van der Waals surface area contributed by atoms with E-state index in [1.54, 1.807) is 6.07 Å². The fraction of sp³-hybridized carbons (Fsp3) is 0.111. The first-order valence-corrected chi connectivity index (χ1v) is 6.90. The molecule has 0 aromatic heterocycles. The summed E-state index contributed by atoms with van der Waals surface area (Å²) >= 11 is 0. The minimum atomic E-state index is -0.231. The normalized spacial score (nSPS) is 12.5. The Morgan fingerprint density at radius 3 is 2.43 bits per heavy atom. The molecule has 0 saturated heterocycles. The number of hydrogen-bond acceptors (Lipinski definition) is 2. The van der Waals surface area contributed by atoms with Crippen LogP contribution in [0.5, 0.6) is 0 Å². The summed E-state index contributed by atoms with van der Waals surface area (Å²) in [6.07, 6.45) is 0. The average molecular weight is 280 g/mol. The van der Waals surface area contributed by atoms with Crippen molar-refractivity contribution in [3.05, 3.63) is 83.2 Å². The van der Waals surface area contributed by atoms with Crippen molar-refractivity contribution in [2.45, 2.75) is 13.0 Å². The molecule has 3 heteroatoms. The number of rotatable bonds is 3. The number of aryl methyl sites for hydroxylation is 1. The Morgan fingerprint density at radius 1 is 0.952 bits per heavy atom. The third-order valence-corrected chi connectivity index (χ3v) is 3.82. The molecule has 3 aromatic rings. The van der Waals surface area contributed by atoms with Crippen LogP contribution in [0.25, 0.3) is 10.8 Å². The van der Waals surface area contributed by atoms with Gasteiger partial charge in [0.2, 0.25) is 0 Å². The third-order valence-electron chi connectivity index (χ3n) is 3.82. The Morgan fingerprint density at radius 2 is 1.71 bits per heavy atom. The number of halogens is 1. The minimum absolute atomic E-state index is 0.157. The zero-order chi connectivity index (χ0) is 14.8. The highest BCUT2D eigenvalue weighted by Crippen LogP contribution is 2.27. The van der Waals surface area contributed by atoms with Gasteiger partial charge >= 0.3 is 0 Å². The molecule has 3 rings (SSSR count). The molecular formula is C18H17FN2. The van der Waals surface area contributed by atoms with Crippen molar-refractivity contribution in [3.8, 4) is 0 Å². The molecule has 0 aliphatic heterocycles. The molecular weight excluding hydrogens is 263 g/mol. The van der Waals surface area contributed by atoms with Gasteiger partial charge in [-0.25, -0.2) is 9.82 Å². The predicted octanol–water partition coefficient (Wildman–Crippen LogP) is 3.84. The molecule has 0 spiro atoms. The van der Waals surface area contributed by atoms with Gasteiger partial charge in [-0.05, 0) is 52.6 Å². The van der Waals surface area contributed by atoms with Crippen molar-refractivity contribution >= 4 is 10.8 Å². The molecule has 3 aromatic carbocycles. The van der Waals surface area contributed by atoms with Gasteiger partial charge in [-0.3, -0.25) is 5.84 Å². The summed E-state index contributed by atoms with van der Waals surface area (Å²) in [6.45, 7) is 1.89. The van der Waals surface area contributed by atoms with Crippen LogP contribution in [-0.4, -0.2) is 0 Å². The highest BCUT2D eigenvalue weighted by molar-refractivity contribution is 5.83. The van der Waals surface area contributed by atoms with Crippen LogP contribution in [0.2, 0.25) is 0 Å². The fourth-order valence-electron chi connectivity index (χ4n) is 2.72. The van der Waals surface area contributed by atoms with Crippen molar-refractivity contribution < 1.29 is 4.39 Å². The van der Waals surface area contributed by atoms with E-state index in [1.165, 1.54) is 17.5 Å². The maximum Gasteiger partial charge on any atom is 0.123 e. The molecule has 1 unspecified atom stereocenters. The standard InChI is InChI=1S/C18H17FN2/c1-12-10-16(19)8-9-17(12)18(21-20)15-7-6-13-4-2-3-5-14(13)11-15/h2-11,18,21H,20H2,1H3. The van der Waals surface area contributed by atoms with Gasteiger partial charge in [0.05, 0.1) is 6.04 Å². The minimum Gasteiger partial charge on any atom is -0.271 e. The largest absolute Gasteiger partial charge is 0.271 e. The molecule has 0 amide bonds. The van der Waals surface area contributed by atoms with E-state index in [4.69, 9.17) is 5.84 Å². The van der Waals surface area contributed by atoms with E-state index >= 15 is 0 Å². The Balaban J connectivity index is 2.09. The lowest BCUT2D eigenvalue weighted by Crippen LogP contribution is -2.29. The van der Waals surface area contributed by atoms with E-state index in [9.17, 15) is 4.39 Å². The van der Waals surface area contributed by atoms with Crippen LogP contribution >= 0.6 is 0 Å². The van der Waals surface area contributed by atoms with Crippen molar-refractivity contribution in [3.63, 3.8) is 0 Å². The highest BCUT2D eigenvalue weighted by atomic mass is 19.1. The van der Waals surface area contributed by atoms with Gasteiger partial charge in [-0.1, -0.05) is 42.5 Å². The summed E-state index contributed by atoms with van der Waals surface area (Å²) in [7, 11) is 0. The molecule has 3 N–H and O–H groups in total. The fourth-order valence-corrected chi connectivity index (χ4v) is 2.72. The summed E-state index contributed by atoms with van der Waals surface area (Å²) < 4.78 is 13.3. The molecule has 0 aliphatic carbocycles. The molecule has 106 valence electrons. The van der Waals surface area contributed by atoms with Crippen LogP contribution in [-0.2, 0) is 0 Å². The number of hydrogen-bond donors (Lipinski definition) is 2. The smallest absolute Gasteiger partial charge is 0.123 e. The van der Waals surface area contributed by atoms with Gasteiger partial charge in [-0.2, -0.15) is 0 Å². The van der Waals surface area contributed by atoms with E-state index in [-0.39, 0.29) is 11.9 Å². The van der Waals surface area contributed by atoms with E-state index in [0.717, 1.165) is 22.1 Å². The lowest BCUT2D eigenvalue weighted by atomic mass is 9.94. The molecule has 0 fully saturated rings. The maximum atomic E-state index is 13.3. The first-order chi connectivity index (χ1) is 10.2. The Hall–Kier alpha value is -2.23. The van der Waals surface area contributed by atoms with E-state index in [2.05, 4.69) is 35.8 Å². The van der Waals surface area contributed by atoms with Gasteiger partial charge in [0.25, 0.3) is 0 Å². The van der Waals surface area contributed by atoms with Crippen LogP contribution < -0.4 is 11.3 Å². The van der Waals surface area contributed by atoms with Crippen molar-refractivity contribution in [2.24, 2.45) is 5.84 Å². The molecule has 1 atom stereocenters. The second-order valence-corrected chi connectivity index (χ2v) is 5.21. The third kappa shape index (κ3) is 2.66. The summed E-state index contributed by atoms with van der Waals surface area (Å²) in [4.78, 5) is 0. The second kappa shape index (κ2) is 5.64. The van der Waals surface area contributed by atoms with Gasteiger partial charge < -0.3 is 0 Å². The topological polar surface area (TPSA) is 38.0 Å². The predicted molar refractivity (Wildman–Crippen MR) is 84.3 cm³/mol. The molecule has 0 radical (unpaired) electrons. The van der Waals surface area contributed by atoms with Crippen LogP contribution in [0.3, 0.4) is 0 Å². The molecule has 21 heavy (non-hydrogen) atoms. The van der Waals surface area contributed by atoms with Gasteiger partial charge in [0, 0.05) is 0 Å². The zero-order valence-corrected chi connectivity index (χ0v) is 11.8. The quantitative estimate of drug-likeness (QED) is 0.565. The first kappa shape index (κ1) is 13.7. The van der Waals surface area contributed by atoms with E-state index in [1.807, 2.05) is 19.1 Å². The summed E-state index contributed by atoms with van der Waals surface area (Å²) in [5.74, 6) is 5.51. The number of nitrogens with two attached hydrogens (primary N) is 1. The number of fused-ring (bicyclic) bond motifs is 1. The molecule has 0 heterocycles. The Kier molecular flexibility index (Phi) is 3.69. The molecule has 0 saturated carbocycles. The summed E-state index contributed by atoms with van der Waals surface area (Å²) in [5, 5.41) is 2.35. The molecule has 0 bridgehead atoms. The lowest BCUT2D eigenvalue weighted by molar-refractivity contribution is 0.612. The van der Waals surface area contributed by atoms with Crippen LogP contribution in [0.15, 0.2) is 60.7 Å². The van der Waals surface area contributed by atoms with E-state index in [0.29, 0.717) is 0 Å². The van der Waals surface area contributed by atoms with Crippen molar-refractivity contribution in [1.82, 2.24) is 5.43 Å². The number of nitrogens with one attached hydrogen (secondary N) is 1. The highest BCUT2D eigenvalue weighted by Gasteiger charge is 2.15. The number of benzene rings is 3. The second-order valence-electron chi connectivity index (χ2n) is 5.21. The van der Waals surface area contributed by atoms with Crippen molar-refractivity contribution in [2.75, 3.05) is 0 Å². The van der Waals surface area contributed by atoms with Crippen LogP contribution in [0.4, 0.5) is 4.39 Å². The number of hydrazine groups is 1. The van der Waals surface area contributed by atoms with Gasteiger partial charge in [-0.15, -0.1) is 0 Å². The monoisotopic (exact) mass is 280 g/mol. The Labute approximate surface area is 123 Å². The van der Waals surface area contributed by atoms with E-state index < -0.39 is 0 Å².